The van der Waals surface area contributed by atoms with Crippen LogP contribution < -0.4 is 10.6 Å². The van der Waals surface area contributed by atoms with E-state index in [1.165, 1.54) is 34.6 Å². The third-order valence-electron chi connectivity index (χ3n) is 6.25. The molecular weight excluding hydrogens is 450 g/mol. The molecule has 3 rings (SSSR count). The zero-order valence-corrected chi connectivity index (χ0v) is 21.0. The highest BCUT2D eigenvalue weighted by Gasteiger charge is 2.50. The number of sulfonamides is 1. The van der Waals surface area contributed by atoms with Crippen LogP contribution in [-0.4, -0.2) is 43.7 Å². The zero-order valence-electron chi connectivity index (χ0n) is 20.2. The van der Waals surface area contributed by atoms with Gasteiger partial charge in [-0.1, -0.05) is 64.6 Å². The van der Waals surface area contributed by atoms with Gasteiger partial charge in [0.15, 0.2) is 0 Å². The maximum absolute atomic E-state index is 13.5. The Hall–Kier alpha value is -2.97. The molecule has 1 aliphatic rings. The van der Waals surface area contributed by atoms with Crippen LogP contribution in [0.15, 0.2) is 72.1 Å². The highest BCUT2D eigenvalue weighted by Crippen LogP contribution is 2.42. The first-order chi connectivity index (χ1) is 15.9. The van der Waals surface area contributed by atoms with E-state index < -0.39 is 20.9 Å². The molecule has 2 amide bonds. The Morgan fingerprint density at radius 2 is 1.56 bits per heavy atom. The molecule has 2 aromatic carbocycles. The van der Waals surface area contributed by atoms with Crippen LogP contribution in [0.25, 0.3) is 0 Å². The monoisotopic (exact) mass is 483 g/mol. The van der Waals surface area contributed by atoms with Gasteiger partial charge in [0.2, 0.25) is 15.9 Å². The Kier molecular flexibility index (Phi) is 7.33. The van der Waals surface area contributed by atoms with Crippen molar-refractivity contribution in [3.63, 3.8) is 0 Å². The fraction of sp³-hybridized carbons (Fsp3) is 0.385. The van der Waals surface area contributed by atoms with Crippen molar-refractivity contribution in [2.45, 2.75) is 45.2 Å². The van der Waals surface area contributed by atoms with E-state index in [1.807, 2.05) is 58.0 Å². The fourth-order valence-corrected chi connectivity index (χ4v) is 6.56. The second-order valence-electron chi connectivity index (χ2n) is 10.1. The molecule has 1 fully saturated rings. The van der Waals surface area contributed by atoms with E-state index in [0.717, 1.165) is 5.56 Å². The third-order valence-corrected chi connectivity index (χ3v) is 8.06. The van der Waals surface area contributed by atoms with Crippen LogP contribution in [0.2, 0.25) is 0 Å². The number of nitrogens with zero attached hydrogens (tertiary/aromatic N) is 1. The lowest BCUT2D eigenvalue weighted by atomic mass is 9.67. The number of hydrogen-bond donors (Lipinski definition) is 2. The lowest BCUT2D eigenvalue weighted by molar-refractivity contribution is -0.120. The first kappa shape index (κ1) is 25.6. The van der Waals surface area contributed by atoms with Crippen LogP contribution >= 0.6 is 0 Å². The average Bonchev–Trinajstić information content (AvgIpc) is 2.79. The van der Waals surface area contributed by atoms with Gasteiger partial charge in [0.25, 0.3) is 5.91 Å². The van der Waals surface area contributed by atoms with Gasteiger partial charge in [-0.05, 0) is 46.7 Å². The van der Waals surface area contributed by atoms with Crippen LogP contribution in [-0.2, 0) is 21.4 Å². The highest BCUT2D eigenvalue weighted by atomic mass is 32.2. The minimum atomic E-state index is -3.79. The predicted octanol–water partition coefficient (Wildman–Crippen LogP) is 3.34. The summed E-state index contributed by atoms with van der Waals surface area (Å²) >= 11 is 0. The number of nitrogens with one attached hydrogen (secondary N) is 2. The Balaban J connectivity index is 1.75. The topological polar surface area (TPSA) is 95.6 Å². The van der Waals surface area contributed by atoms with Crippen molar-refractivity contribution in [2.24, 2.45) is 10.8 Å². The minimum Gasteiger partial charge on any atom is -0.349 e. The Morgan fingerprint density at radius 1 is 1.00 bits per heavy atom. The van der Waals surface area contributed by atoms with Crippen molar-refractivity contribution >= 4 is 21.8 Å². The van der Waals surface area contributed by atoms with E-state index in [-0.39, 0.29) is 35.8 Å². The lowest BCUT2D eigenvalue weighted by Crippen LogP contribution is -2.64. The fourth-order valence-electron chi connectivity index (χ4n) is 4.77. The van der Waals surface area contributed by atoms with E-state index in [1.54, 1.807) is 0 Å². The molecule has 0 unspecified atom stereocenters. The molecule has 1 aliphatic heterocycles. The van der Waals surface area contributed by atoms with Crippen LogP contribution in [0.3, 0.4) is 0 Å². The van der Waals surface area contributed by atoms with Crippen molar-refractivity contribution in [2.75, 3.05) is 13.1 Å². The normalized spacial score (nSPS) is 18.1. The van der Waals surface area contributed by atoms with Crippen LogP contribution in [0, 0.1) is 10.8 Å². The summed E-state index contributed by atoms with van der Waals surface area (Å²) in [5.41, 5.74) is 0.351. The average molecular weight is 484 g/mol. The van der Waals surface area contributed by atoms with Gasteiger partial charge in [-0.2, -0.15) is 4.31 Å². The maximum Gasteiger partial charge on any atom is 0.251 e. The summed E-state index contributed by atoms with van der Waals surface area (Å²) in [5, 5.41) is 5.82. The zero-order chi connectivity index (χ0) is 25.1. The molecule has 0 saturated carbocycles. The molecule has 0 spiro atoms. The largest absolute Gasteiger partial charge is 0.349 e. The van der Waals surface area contributed by atoms with Gasteiger partial charge in [-0.15, -0.1) is 0 Å². The molecule has 0 atom stereocenters. The molecule has 1 heterocycles. The number of benzene rings is 2. The molecule has 0 aliphatic carbocycles. The molecule has 34 heavy (non-hydrogen) atoms. The minimum absolute atomic E-state index is 0.132. The number of amides is 2. The Morgan fingerprint density at radius 3 is 2.09 bits per heavy atom. The maximum atomic E-state index is 13.5. The number of carbonyl (C=O) groups is 2. The summed E-state index contributed by atoms with van der Waals surface area (Å²) in [6, 6.07) is 15.3. The quantitative estimate of drug-likeness (QED) is 0.591. The molecule has 0 radical (unpaired) electrons. The van der Waals surface area contributed by atoms with Crippen LogP contribution in [0.4, 0.5) is 0 Å². The smallest absolute Gasteiger partial charge is 0.251 e. The molecule has 2 N–H and O–H groups in total. The van der Waals surface area contributed by atoms with Gasteiger partial charge in [0, 0.05) is 31.2 Å². The number of hydrogen-bond acceptors (Lipinski definition) is 4. The van der Waals surface area contributed by atoms with Crippen molar-refractivity contribution in [1.82, 2.24) is 14.9 Å². The molecule has 8 heteroatoms. The second-order valence-corrected chi connectivity index (χ2v) is 12.0. The van der Waals surface area contributed by atoms with E-state index in [2.05, 4.69) is 17.2 Å². The van der Waals surface area contributed by atoms with Gasteiger partial charge in [-0.3, -0.25) is 9.59 Å². The molecule has 2 aromatic rings. The van der Waals surface area contributed by atoms with Gasteiger partial charge in [0.05, 0.1) is 4.90 Å². The summed E-state index contributed by atoms with van der Waals surface area (Å²) in [6.45, 7) is 12.2. The van der Waals surface area contributed by atoms with Crippen molar-refractivity contribution < 1.29 is 18.0 Å². The number of piperidine rings is 1. The van der Waals surface area contributed by atoms with Crippen LogP contribution in [0.5, 0.6) is 0 Å². The van der Waals surface area contributed by atoms with E-state index in [4.69, 9.17) is 0 Å². The molecule has 0 aromatic heterocycles. The standard InChI is InChI=1S/C26H33N3O4S/c1-6-22(30)28-24-25(2,3)17-29(18-26(24,4)5)34(32,33)21-14-12-20(13-15-21)23(31)27-16-19-10-8-7-9-11-19/h6-15,24H,1,16-18H2,2-5H3,(H,27,31)(H,28,30). The second kappa shape index (κ2) is 9.72. The highest BCUT2D eigenvalue weighted by molar-refractivity contribution is 7.89. The summed E-state index contributed by atoms with van der Waals surface area (Å²) in [4.78, 5) is 24.6. The molecule has 1 saturated heterocycles. The Bertz CT molecular complexity index is 1140. The SMILES string of the molecule is C=CC(=O)NC1C(C)(C)CN(S(=O)(=O)c2ccc(C(=O)NCc3ccccc3)cc2)CC1(C)C. The third kappa shape index (κ3) is 5.56. The Labute approximate surface area is 202 Å². The van der Waals surface area contributed by atoms with Crippen LogP contribution in [0.1, 0.15) is 43.6 Å². The molecule has 0 bridgehead atoms. The summed E-state index contributed by atoms with van der Waals surface area (Å²) in [7, 11) is -3.79. The van der Waals surface area contributed by atoms with Crippen molar-refractivity contribution in [3.8, 4) is 0 Å². The molecular formula is C26H33N3O4S. The first-order valence-corrected chi connectivity index (χ1v) is 12.7. The molecule has 7 nitrogen and oxygen atoms in total. The van der Waals surface area contributed by atoms with Gasteiger partial charge < -0.3 is 10.6 Å². The number of rotatable bonds is 7. The molecule has 182 valence electrons. The summed E-state index contributed by atoms with van der Waals surface area (Å²) in [6.07, 6.45) is 1.23. The van der Waals surface area contributed by atoms with E-state index in [9.17, 15) is 18.0 Å². The summed E-state index contributed by atoms with van der Waals surface area (Å²) in [5.74, 6) is -0.544. The van der Waals surface area contributed by atoms with Gasteiger partial charge >= 0.3 is 0 Å². The van der Waals surface area contributed by atoms with Crippen molar-refractivity contribution in [3.05, 3.63) is 78.4 Å². The van der Waals surface area contributed by atoms with Gasteiger partial charge in [-0.25, -0.2) is 8.42 Å². The van der Waals surface area contributed by atoms with E-state index in [0.29, 0.717) is 12.1 Å². The van der Waals surface area contributed by atoms with Gasteiger partial charge in [0.1, 0.15) is 0 Å². The lowest BCUT2D eigenvalue weighted by Gasteiger charge is -2.52. The van der Waals surface area contributed by atoms with E-state index >= 15 is 0 Å². The predicted molar refractivity (Wildman–Crippen MR) is 133 cm³/mol. The first-order valence-electron chi connectivity index (χ1n) is 11.2. The van der Waals surface area contributed by atoms with Crippen molar-refractivity contribution in [1.29, 1.82) is 0 Å². The summed E-state index contributed by atoms with van der Waals surface area (Å²) < 4.78 is 28.4. The number of carbonyl (C=O) groups excluding carboxylic acids is 2.